The Hall–Kier alpha value is -1.39. The van der Waals surface area contributed by atoms with Gasteiger partial charge >= 0.3 is 0 Å². The van der Waals surface area contributed by atoms with E-state index in [9.17, 15) is 5.11 Å². The van der Waals surface area contributed by atoms with Gasteiger partial charge in [-0.2, -0.15) is 5.10 Å². The van der Waals surface area contributed by atoms with E-state index >= 15 is 0 Å². The van der Waals surface area contributed by atoms with Crippen molar-refractivity contribution in [2.75, 3.05) is 6.61 Å². The molecule has 1 aromatic carbocycles. The molecule has 4 heteroatoms. The van der Waals surface area contributed by atoms with Gasteiger partial charge in [0, 0.05) is 23.5 Å². The van der Waals surface area contributed by atoms with Crippen LogP contribution in [0.25, 0.3) is 10.9 Å². The van der Waals surface area contributed by atoms with Crippen LogP contribution >= 0.6 is 0 Å². The van der Waals surface area contributed by atoms with E-state index in [1.54, 1.807) is 0 Å². The van der Waals surface area contributed by atoms with E-state index in [1.165, 1.54) is 10.9 Å². The Balaban J connectivity index is 1.84. The van der Waals surface area contributed by atoms with Gasteiger partial charge < -0.3 is 10.4 Å². The maximum atomic E-state index is 9.58. The SMILES string of the molecule is CC(C)NC(C)(CO)CCCCn1ncc2ccccc21. The zero-order valence-electron chi connectivity index (χ0n) is 13.3. The zero-order valence-corrected chi connectivity index (χ0v) is 13.3. The highest BCUT2D eigenvalue weighted by molar-refractivity contribution is 5.78. The summed E-state index contributed by atoms with van der Waals surface area (Å²) >= 11 is 0. The first-order valence-corrected chi connectivity index (χ1v) is 7.83. The summed E-state index contributed by atoms with van der Waals surface area (Å²) < 4.78 is 2.07. The van der Waals surface area contributed by atoms with Crippen molar-refractivity contribution < 1.29 is 5.11 Å². The molecule has 0 saturated carbocycles. The maximum absolute atomic E-state index is 9.58. The largest absolute Gasteiger partial charge is 0.394 e. The quantitative estimate of drug-likeness (QED) is 0.735. The number of para-hydroxylation sites is 1. The molecule has 0 bridgehead atoms. The number of nitrogens with zero attached hydrogens (tertiary/aromatic N) is 2. The van der Waals surface area contributed by atoms with Gasteiger partial charge in [-0.05, 0) is 32.3 Å². The van der Waals surface area contributed by atoms with Gasteiger partial charge in [0.1, 0.15) is 0 Å². The number of hydrogen-bond acceptors (Lipinski definition) is 3. The molecule has 1 aromatic heterocycles. The second-order valence-electron chi connectivity index (χ2n) is 6.40. The first-order chi connectivity index (χ1) is 10.0. The van der Waals surface area contributed by atoms with Crippen LogP contribution in [0.4, 0.5) is 0 Å². The van der Waals surface area contributed by atoms with Crippen LogP contribution in [0.5, 0.6) is 0 Å². The van der Waals surface area contributed by atoms with Crippen LogP contribution in [0.2, 0.25) is 0 Å². The minimum Gasteiger partial charge on any atom is -0.394 e. The molecule has 0 radical (unpaired) electrons. The first kappa shape index (κ1) is 16.0. The Labute approximate surface area is 127 Å². The predicted molar refractivity (Wildman–Crippen MR) is 87.3 cm³/mol. The third kappa shape index (κ3) is 4.29. The van der Waals surface area contributed by atoms with Crippen LogP contribution in [0.1, 0.15) is 40.0 Å². The van der Waals surface area contributed by atoms with Crippen LogP contribution in [0.15, 0.2) is 30.5 Å². The van der Waals surface area contributed by atoms with Gasteiger partial charge in [0.2, 0.25) is 0 Å². The average Bonchev–Trinajstić information content (AvgIpc) is 2.86. The van der Waals surface area contributed by atoms with E-state index in [1.807, 2.05) is 12.3 Å². The summed E-state index contributed by atoms with van der Waals surface area (Å²) in [5.74, 6) is 0. The fourth-order valence-corrected chi connectivity index (χ4v) is 2.87. The van der Waals surface area contributed by atoms with Crippen LogP contribution in [0.3, 0.4) is 0 Å². The number of nitrogens with one attached hydrogen (secondary N) is 1. The lowest BCUT2D eigenvalue weighted by atomic mass is 9.95. The third-order valence-electron chi connectivity index (χ3n) is 3.89. The van der Waals surface area contributed by atoms with Crippen molar-refractivity contribution in [1.82, 2.24) is 15.1 Å². The van der Waals surface area contributed by atoms with Gasteiger partial charge in [-0.15, -0.1) is 0 Å². The number of aliphatic hydroxyl groups excluding tert-OH is 1. The summed E-state index contributed by atoms with van der Waals surface area (Å²) in [4.78, 5) is 0. The molecule has 4 nitrogen and oxygen atoms in total. The Morgan fingerprint density at radius 2 is 2.05 bits per heavy atom. The number of benzene rings is 1. The lowest BCUT2D eigenvalue weighted by Crippen LogP contribution is -2.49. The summed E-state index contributed by atoms with van der Waals surface area (Å²) in [5.41, 5.74) is 1.02. The Morgan fingerprint density at radius 3 is 2.76 bits per heavy atom. The lowest BCUT2D eigenvalue weighted by Gasteiger charge is -2.31. The third-order valence-corrected chi connectivity index (χ3v) is 3.89. The Kier molecular flexibility index (Phi) is 5.37. The van der Waals surface area contributed by atoms with E-state index < -0.39 is 0 Å². The van der Waals surface area contributed by atoms with E-state index in [0.29, 0.717) is 6.04 Å². The molecule has 0 amide bonds. The molecule has 1 heterocycles. The van der Waals surface area contributed by atoms with Crippen molar-refractivity contribution in [3.05, 3.63) is 30.5 Å². The van der Waals surface area contributed by atoms with Crippen molar-refractivity contribution in [2.45, 2.75) is 58.2 Å². The van der Waals surface area contributed by atoms with Gasteiger partial charge in [-0.1, -0.05) is 32.0 Å². The van der Waals surface area contributed by atoms with E-state index in [2.05, 4.69) is 54.1 Å². The smallest absolute Gasteiger partial charge is 0.0682 e. The van der Waals surface area contributed by atoms with Gasteiger partial charge in [-0.25, -0.2) is 0 Å². The molecule has 0 saturated heterocycles. The number of fused-ring (bicyclic) bond motifs is 1. The summed E-state index contributed by atoms with van der Waals surface area (Å²) in [5, 5.41) is 18.7. The van der Waals surface area contributed by atoms with Crippen LogP contribution in [-0.2, 0) is 6.54 Å². The fourth-order valence-electron chi connectivity index (χ4n) is 2.87. The van der Waals surface area contributed by atoms with Crippen molar-refractivity contribution in [1.29, 1.82) is 0 Å². The number of rotatable bonds is 8. The topological polar surface area (TPSA) is 50.1 Å². The molecule has 2 rings (SSSR count). The van der Waals surface area contributed by atoms with Crippen molar-refractivity contribution in [2.24, 2.45) is 0 Å². The van der Waals surface area contributed by atoms with Crippen LogP contribution in [-0.4, -0.2) is 33.1 Å². The number of unbranched alkanes of at least 4 members (excludes halogenated alkanes) is 1. The summed E-state index contributed by atoms with van der Waals surface area (Å²) in [6.07, 6.45) is 5.04. The molecule has 116 valence electrons. The second kappa shape index (κ2) is 7.05. The monoisotopic (exact) mass is 289 g/mol. The van der Waals surface area contributed by atoms with Gasteiger partial charge in [-0.3, -0.25) is 4.68 Å². The van der Waals surface area contributed by atoms with Crippen molar-refractivity contribution in [3.63, 3.8) is 0 Å². The zero-order chi connectivity index (χ0) is 15.3. The standard InChI is InChI=1S/C17H27N3O/c1-14(2)19-17(3,13-21)10-6-7-11-20-16-9-5-4-8-15(16)12-18-20/h4-5,8-9,12,14,19,21H,6-7,10-11,13H2,1-3H3. The molecule has 0 aliphatic heterocycles. The van der Waals surface area contributed by atoms with Crippen molar-refractivity contribution in [3.8, 4) is 0 Å². The molecule has 0 aliphatic carbocycles. The molecule has 2 aromatic rings. The van der Waals surface area contributed by atoms with E-state index in [0.717, 1.165) is 25.8 Å². The van der Waals surface area contributed by atoms with E-state index in [4.69, 9.17) is 0 Å². The number of aryl methyl sites for hydroxylation is 1. The minimum absolute atomic E-state index is 0.176. The van der Waals surface area contributed by atoms with Gasteiger partial charge in [0.15, 0.2) is 0 Å². The Morgan fingerprint density at radius 1 is 1.29 bits per heavy atom. The minimum atomic E-state index is -0.180. The molecule has 0 fully saturated rings. The molecule has 21 heavy (non-hydrogen) atoms. The highest BCUT2D eigenvalue weighted by atomic mass is 16.3. The molecular weight excluding hydrogens is 262 g/mol. The van der Waals surface area contributed by atoms with Crippen molar-refractivity contribution >= 4 is 10.9 Å². The first-order valence-electron chi connectivity index (χ1n) is 7.83. The molecular formula is C17H27N3O. The Bertz CT molecular complexity index is 564. The normalized spacial score (nSPS) is 14.7. The van der Waals surface area contributed by atoms with Crippen LogP contribution in [0, 0.1) is 0 Å². The summed E-state index contributed by atoms with van der Waals surface area (Å²) in [6.45, 7) is 7.43. The van der Waals surface area contributed by atoms with Crippen LogP contribution < -0.4 is 5.32 Å². The van der Waals surface area contributed by atoms with Gasteiger partial charge in [0.25, 0.3) is 0 Å². The number of aliphatic hydroxyl groups is 1. The summed E-state index contributed by atoms with van der Waals surface area (Å²) in [6, 6.07) is 8.68. The highest BCUT2D eigenvalue weighted by Crippen LogP contribution is 2.17. The molecule has 0 aliphatic rings. The number of hydrogen-bond donors (Lipinski definition) is 2. The fraction of sp³-hybridized carbons (Fsp3) is 0.588. The number of aromatic nitrogens is 2. The lowest BCUT2D eigenvalue weighted by molar-refractivity contribution is 0.153. The predicted octanol–water partition coefficient (Wildman–Crippen LogP) is 2.96. The second-order valence-corrected chi connectivity index (χ2v) is 6.40. The van der Waals surface area contributed by atoms with E-state index in [-0.39, 0.29) is 12.1 Å². The molecule has 1 atom stereocenters. The van der Waals surface area contributed by atoms with Gasteiger partial charge in [0.05, 0.1) is 18.3 Å². The highest BCUT2D eigenvalue weighted by Gasteiger charge is 2.22. The molecule has 2 N–H and O–H groups in total. The molecule has 0 spiro atoms. The molecule has 1 unspecified atom stereocenters. The summed E-state index contributed by atoms with van der Waals surface area (Å²) in [7, 11) is 0. The maximum Gasteiger partial charge on any atom is 0.0682 e. The average molecular weight is 289 g/mol.